The highest BCUT2D eigenvalue weighted by Crippen LogP contribution is 2.22. The third-order valence-corrected chi connectivity index (χ3v) is 4.89. The summed E-state index contributed by atoms with van der Waals surface area (Å²) in [6.45, 7) is 2.17. The van der Waals surface area contributed by atoms with Crippen LogP contribution < -0.4 is 16.4 Å². The molecule has 0 saturated carbocycles. The lowest BCUT2D eigenvalue weighted by Crippen LogP contribution is -2.39. The van der Waals surface area contributed by atoms with Gasteiger partial charge in [-0.25, -0.2) is 0 Å². The van der Waals surface area contributed by atoms with E-state index < -0.39 is 5.91 Å². The third kappa shape index (κ3) is 4.57. The van der Waals surface area contributed by atoms with Gasteiger partial charge >= 0.3 is 0 Å². The maximum absolute atomic E-state index is 12.2. The van der Waals surface area contributed by atoms with Crippen molar-refractivity contribution < 1.29 is 14.4 Å². The average Bonchev–Trinajstić information content (AvgIpc) is 2.82. The number of amides is 3. The quantitative estimate of drug-likeness (QED) is 0.732. The lowest BCUT2D eigenvalue weighted by Gasteiger charge is -2.27. The molecule has 0 aromatic heterocycles. The first-order chi connectivity index (χ1) is 12.0. The first kappa shape index (κ1) is 17.4. The number of rotatable bonds is 5. The second-order valence-electron chi connectivity index (χ2n) is 6.83. The van der Waals surface area contributed by atoms with Gasteiger partial charge in [0.25, 0.3) is 0 Å². The maximum atomic E-state index is 12.2. The van der Waals surface area contributed by atoms with E-state index in [1.807, 2.05) is 0 Å². The van der Waals surface area contributed by atoms with Gasteiger partial charge in [-0.15, -0.1) is 0 Å². The number of carbonyl (C=O) groups is 3. The number of benzene rings is 1. The Bertz CT molecular complexity index is 659. The Labute approximate surface area is 146 Å². The Morgan fingerprint density at radius 2 is 1.96 bits per heavy atom. The Kier molecular flexibility index (Phi) is 5.33. The van der Waals surface area contributed by atoms with E-state index in [1.54, 1.807) is 24.3 Å². The maximum Gasteiger partial charge on any atom is 0.248 e. The van der Waals surface area contributed by atoms with Gasteiger partial charge < -0.3 is 16.4 Å². The van der Waals surface area contributed by atoms with Crippen LogP contribution in [0.4, 0.5) is 5.69 Å². The minimum atomic E-state index is -0.493. The monoisotopic (exact) mass is 344 g/mol. The largest absolute Gasteiger partial charge is 0.366 e. The second kappa shape index (κ2) is 7.65. The molecule has 2 heterocycles. The zero-order chi connectivity index (χ0) is 17.8. The molecule has 3 rings (SSSR count). The number of likely N-dealkylation sites (tertiary alicyclic amines) is 1. The van der Waals surface area contributed by atoms with Crippen LogP contribution in [0.25, 0.3) is 0 Å². The summed E-state index contributed by atoms with van der Waals surface area (Å²) in [4.78, 5) is 37.5. The number of nitrogens with zero attached hydrogens (tertiary/aromatic N) is 1. The second-order valence-corrected chi connectivity index (χ2v) is 6.83. The molecule has 1 aromatic carbocycles. The number of primary amides is 1. The Morgan fingerprint density at radius 1 is 1.20 bits per heavy atom. The van der Waals surface area contributed by atoms with Crippen molar-refractivity contribution in [2.24, 2.45) is 11.7 Å². The molecule has 4 N–H and O–H groups in total. The van der Waals surface area contributed by atoms with Gasteiger partial charge in [-0.05, 0) is 37.1 Å². The molecule has 2 bridgehead atoms. The number of nitrogens with two attached hydrogens (primary N) is 1. The van der Waals surface area contributed by atoms with Crippen LogP contribution in [-0.2, 0) is 9.59 Å². The normalized spacial score (nSPS) is 23.4. The molecular formula is C18H24N4O3. The Balaban J connectivity index is 1.50. The summed E-state index contributed by atoms with van der Waals surface area (Å²) in [5.74, 6) is -0.380. The van der Waals surface area contributed by atoms with Crippen LogP contribution >= 0.6 is 0 Å². The van der Waals surface area contributed by atoms with Gasteiger partial charge in [0.05, 0.1) is 5.92 Å². The van der Waals surface area contributed by atoms with Crippen LogP contribution in [-0.4, -0.2) is 48.3 Å². The van der Waals surface area contributed by atoms with Crippen molar-refractivity contribution in [3.63, 3.8) is 0 Å². The van der Waals surface area contributed by atoms with E-state index in [-0.39, 0.29) is 23.8 Å². The van der Waals surface area contributed by atoms with Gasteiger partial charge in [0, 0.05) is 43.3 Å². The van der Waals surface area contributed by atoms with Crippen molar-refractivity contribution in [3.05, 3.63) is 29.8 Å². The standard InChI is InChI=1S/C18H24N4O3/c19-17(24)12-4-6-14(7-5-12)20-16(23)8-9-22-10-13-2-1-3-15(11-22)21-18(13)25/h4-7,13,15H,1-3,8-11H2,(H2,19,24)(H,20,23)(H,21,25). The molecule has 2 aliphatic heterocycles. The third-order valence-electron chi connectivity index (χ3n) is 4.89. The first-order valence-electron chi connectivity index (χ1n) is 8.73. The molecule has 7 nitrogen and oxygen atoms in total. The fourth-order valence-corrected chi connectivity index (χ4v) is 3.53. The number of fused-ring (bicyclic) bond motifs is 3. The van der Waals surface area contributed by atoms with Gasteiger partial charge in [-0.3, -0.25) is 19.3 Å². The van der Waals surface area contributed by atoms with Crippen LogP contribution in [0.15, 0.2) is 24.3 Å². The van der Waals surface area contributed by atoms with E-state index in [2.05, 4.69) is 15.5 Å². The highest BCUT2D eigenvalue weighted by Gasteiger charge is 2.32. The number of carbonyl (C=O) groups excluding carboxylic acids is 3. The molecule has 2 atom stereocenters. The number of nitrogens with one attached hydrogen (secondary N) is 2. The van der Waals surface area contributed by atoms with Crippen LogP contribution in [0, 0.1) is 5.92 Å². The minimum absolute atomic E-state index is 0.0388. The highest BCUT2D eigenvalue weighted by molar-refractivity contribution is 5.94. The fourth-order valence-electron chi connectivity index (χ4n) is 3.53. The van der Waals surface area contributed by atoms with E-state index in [0.29, 0.717) is 24.2 Å². The topological polar surface area (TPSA) is 105 Å². The lowest BCUT2D eigenvalue weighted by molar-refractivity contribution is -0.124. The van der Waals surface area contributed by atoms with E-state index in [0.717, 1.165) is 32.4 Å². The van der Waals surface area contributed by atoms with Crippen LogP contribution in [0.1, 0.15) is 36.0 Å². The summed E-state index contributed by atoms with van der Waals surface area (Å²) >= 11 is 0. The smallest absolute Gasteiger partial charge is 0.248 e. The molecule has 2 unspecified atom stereocenters. The fraction of sp³-hybridized carbons (Fsp3) is 0.500. The molecule has 3 amide bonds. The summed E-state index contributed by atoms with van der Waals surface area (Å²) in [6.07, 6.45) is 3.39. The van der Waals surface area contributed by atoms with Gasteiger partial charge in [0.1, 0.15) is 0 Å². The van der Waals surface area contributed by atoms with Crippen molar-refractivity contribution in [1.82, 2.24) is 10.2 Å². The molecule has 2 fully saturated rings. The average molecular weight is 344 g/mol. The highest BCUT2D eigenvalue weighted by atomic mass is 16.2. The minimum Gasteiger partial charge on any atom is -0.366 e. The summed E-state index contributed by atoms with van der Waals surface area (Å²) in [7, 11) is 0. The summed E-state index contributed by atoms with van der Waals surface area (Å²) in [5, 5.41) is 5.92. The molecule has 7 heteroatoms. The van der Waals surface area contributed by atoms with Crippen molar-refractivity contribution in [3.8, 4) is 0 Å². The molecule has 25 heavy (non-hydrogen) atoms. The Morgan fingerprint density at radius 3 is 2.68 bits per heavy atom. The predicted octanol–water partition coefficient (Wildman–Crippen LogP) is 0.715. The Hall–Kier alpha value is -2.41. The number of hydrogen-bond donors (Lipinski definition) is 3. The predicted molar refractivity (Wildman–Crippen MR) is 93.9 cm³/mol. The van der Waals surface area contributed by atoms with E-state index in [9.17, 15) is 14.4 Å². The van der Waals surface area contributed by atoms with Crippen molar-refractivity contribution >= 4 is 23.4 Å². The molecule has 1 aromatic rings. The van der Waals surface area contributed by atoms with Gasteiger partial charge in [-0.2, -0.15) is 0 Å². The van der Waals surface area contributed by atoms with Gasteiger partial charge in [0.2, 0.25) is 17.7 Å². The van der Waals surface area contributed by atoms with Crippen molar-refractivity contribution in [2.75, 3.05) is 25.0 Å². The molecule has 2 aliphatic rings. The zero-order valence-electron chi connectivity index (χ0n) is 14.2. The first-order valence-corrected chi connectivity index (χ1v) is 8.73. The van der Waals surface area contributed by atoms with Crippen LogP contribution in [0.2, 0.25) is 0 Å². The van der Waals surface area contributed by atoms with Crippen LogP contribution in [0.3, 0.4) is 0 Å². The molecule has 0 spiro atoms. The van der Waals surface area contributed by atoms with Crippen molar-refractivity contribution in [1.29, 1.82) is 0 Å². The lowest BCUT2D eigenvalue weighted by atomic mass is 9.99. The van der Waals surface area contributed by atoms with E-state index in [1.165, 1.54) is 0 Å². The summed E-state index contributed by atoms with van der Waals surface area (Å²) in [6, 6.07) is 6.70. The summed E-state index contributed by atoms with van der Waals surface area (Å²) < 4.78 is 0. The van der Waals surface area contributed by atoms with Crippen LogP contribution in [0.5, 0.6) is 0 Å². The number of hydrogen-bond acceptors (Lipinski definition) is 4. The van der Waals surface area contributed by atoms with E-state index in [4.69, 9.17) is 5.73 Å². The molecule has 134 valence electrons. The number of anilines is 1. The van der Waals surface area contributed by atoms with Gasteiger partial charge in [0.15, 0.2) is 0 Å². The zero-order valence-corrected chi connectivity index (χ0v) is 14.2. The molecule has 0 aliphatic carbocycles. The molecule has 0 radical (unpaired) electrons. The summed E-state index contributed by atoms with van der Waals surface area (Å²) in [5.41, 5.74) is 6.24. The SMILES string of the molecule is NC(=O)c1ccc(NC(=O)CCN2CC3CCCC(C2)C(=O)N3)cc1. The molecule has 2 saturated heterocycles. The van der Waals surface area contributed by atoms with Crippen molar-refractivity contribution in [2.45, 2.75) is 31.7 Å². The molecular weight excluding hydrogens is 320 g/mol. The van der Waals surface area contributed by atoms with E-state index >= 15 is 0 Å². The van der Waals surface area contributed by atoms with Gasteiger partial charge in [-0.1, -0.05) is 6.42 Å².